The first-order chi connectivity index (χ1) is 16.9. The number of hydrogen-bond acceptors (Lipinski definition) is 5. The first-order valence-corrected chi connectivity index (χ1v) is 12.2. The quantitative estimate of drug-likeness (QED) is 0.345. The molecule has 0 aliphatic carbocycles. The Bertz CT molecular complexity index is 1080. The van der Waals surface area contributed by atoms with Gasteiger partial charge in [-0.3, -0.25) is 4.79 Å². The van der Waals surface area contributed by atoms with E-state index >= 15 is 0 Å². The summed E-state index contributed by atoms with van der Waals surface area (Å²) < 4.78 is 30.3. The Labute approximate surface area is 206 Å². The lowest BCUT2D eigenvalue weighted by molar-refractivity contribution is -0.0772. The molecule has 3 aromatic rings. The lowest BCUT2D eigenvalue weighted by Gasteiger charge is -2.39. The average Bonchev–Trinajstić information content (AvgIpc) is 3.39. The summed E-state index contributed by atoms with van der Waals surface area (Å²) in [5, 5.41) is 3.48. The largest absolute Gasteiger partial charge is 0.497 e. The van der Waals surface area contributed by atoms with Crippen LogP contribution in [0.4, 0.5) is 4.39 Å². The van der Waals surface area contributed by atoms with Gasteiger partial charge in [-0.25, -0.2) is 4.39 Å². The number of rotatable bonds is 10. The Morgan fingerprint density at radius 3 is 2.46 bits per heavy atom. The van der Waals surface area contributed by atoms with Gasteiger partial charge in [0.1, 0.15) is 11.6 Å². The summed E-state index contributed by atoms with van der Waals surface area (Å²) in [5.41, 5.74) is 1.78. The topological polar surface area (TPSA) is 60.7 Å². The number of ether oxygens (including phenoxy) is 2. The van der Waals surface area contributed by atoms with Crippen molar-refractivity contribution in [3.05, 3.63) is 89.6 Å². The number of hydrogen-bond donors (Lipinski definition) is 1. The van der Waals surface area contributed by atoms with E-state index in [0.29, 0.717) is 24.8 Å². The summed E-state index contributed by atoms with van der Waals surface area (Å²) in [6.45, 7) is 5.58. The van der Waals surface area contributed by atoms with E-state index in [1.54, 1.807) is 19.2 Å². The zero-order chi connectivity index (χ0) is 24.8. The van der Waals surface area contributed by atoms with E-state index in [-0.39, 0.29) is 23.1 Å². The zero-order valence-electron chi connectivity index (χ0n) is 20.6. The van der Waals surface area contributed by atoms with Gasteiger partial charge in [0, 0.05) is 6.61 Å². The van der Waals surface area contributed by atoms with Gasteiger partial charge in [0.25, 0.3) is 0 Å². The smallest absolute Gasteiger partial charge is 0.219 e. The molecule has 1 aliphatic heterocycles. The van der Waals surface area contributed by atoms with Gasteiger partial charge < -0.3 is 19.2 Å². The van der Waals surface area contributed by atoms with Gasteiger partial charge in [-0.05, 0) is 99.0 Å². The van der Waals surface area contributed by atoms with Crippen molar-refractivity contribution < 1.29 is 23.1 Å². The van der Waals surface area contributed by atoms with Crippen LogP contribution in [0, 0.1) is 11.7 Å². The van der Waals surface area contributed by atoms with Crippen molar-refractivity contribution in [2.24, 2.45) is 5.92 Å². The number of halogens is 1. The molecule has 0 spiro atoms. The Morgan fingerprint density at radius 2 is 1.83 bits per heavy atom. The van der Waals surface area contributed by atoms with Crippen LogP contribution >= 0.6 is 0 Å². The van der Waals surface area contributed by atoms with Crippen LogP contribution in [0.15, 0.2) is 71.3 Å². The maximum Gasteiger partial charge on any atom is 0.219 e. The fourth-order valence-electron chi connectivity index (χ4n) is 5.11. The molecule has 1 fully saturated rings. The van der Waals surface area contributed by atoms with Crippen molar-refractivity contribution in [3.8, 4) is 5.75 Å². The molecule has 6 heteroatoms. The minimum atomic E-state index is -0.549. The molecule has 0 unspecified atom stereocenters. The average molecular weight is 480 g/mol. The van der Waals surface area contributed by atoms with E-state index in [1.165, 1.54) is 18.4 Å². The zero-order valence-corrected chi connectivity index (χ0v) is 20.6. The van der Waals surface area contributed by atoms with Gasteiger partial charge in [0.2, 0.25) is 5.78 Å². The summed E-state index contributed by atoms with van der Waals surface area (Å²) in [4.78, 5) is 13.3. The maximum atomic E-state index is 13.7. The van der Waals surface area contributed by atoms with E-state index < -0.39 is 6.04 Å². The molecular formula is C29H34FNO4. The summed E-state index contributed by atoms with van der Waals surface area (Å²) >= 11 is 0. The highest BCUT2D eigenvalue weighted by atomic mass is 19.1. The van der Waals surface area contributed by atoms with Crippen LogP contribution in [-0.4, -0.2) is 31.6 Å². The standard InChI is InChI=1S/C29H34FNO4/c1-29(2)19-22(15-18-35-29)25(20-6-10-23(30)11-7-20)14-16-31-27(28(32)26-5-4-17-34-26)21-8-12-24(33-3)13-9-21/h4-13,17,22,25,27,31H,14-16,18-19H2,1-3H3/t22-,25+,27-/m1/s1. The molecule has 1 aromatic heterocycles. The SMILES string of the molecule is COc1ccc([C@@H](NCC[C@@H](c2ccc(F)cc2)[C@@H]2CCOC(C)(C)C2)C(=O)c2ccco2)cc1. The molecular weight excluding hydrogens is 445 g/mol. The van der Waals surface area contributed by atoms with Crippen LogP contribution in [0.25, 0.3) is 0 Å². The predicted molar refractivity (Wildman–Crippen MR) is 133 cm³/mol. The molecule has 0 amide bonds. The monoisotopic (exact) mass is 479 g/mol. The van der Waals surface area contributed by atoms with Crippen molar-refractivity contribution in [1.29, 1.82) is 0 Å². The molecule has 1 N–H and O–H groups in total. The molecule has 3 atom stereocenters. The number of carbonyl (C=O) groups is 1. The Balaban J connectivity index is 1.53. The summed E-state index contributed by atoms with van der Waals surface area (Å²) in [7, 11) is 1.62. The van der Waals surface area contributed by atoms with E-state index in [9.17, 15) is 9.18 Å². The van der Waals surface area contributed by atoms with Crippen molar-refractivity contribution in [3.63, 3.8) is 0 Å². The molecule has 2 aromatic carbocycles. The van der Waals surface area contributed by atoms with Gasteiger partial charge in [0.05, 0.1) is 25.0 Å². The van der Waals surface area contributed by atoms with Crippen LogP contribution in [0.5, 0.6) is 5.75 Å². The second-order valence-electron chi connectivity index (χ2n) is 9.81. The van der Waals surface area contributed by atoms with Crippen LogP contribution < -0.4 is 10.1 Å². The van der Waals surface area contributed by atoms with E-state index in [4.69, 9.17) is 13.9 Å². The fourth-order valence-corrected chi connectivity index (χ4v) is 5.11. The fraction of sp³-hybridized carbons (Fsp3) is 0.414. The third-order valence-electron chi connectivity index (χ3n) is 6.88. The van der Waals surface area contributed by atoms with Gasteiger partial charge in [-0.15, -0.1) is 0 Å². The summed E-state index contributed by atoms with van der Waals surface area (Å²) in [6.07, 6.45) is 4.21. The normalized spacial score (nSPS) is 19.1. The third kappa shape index (κ3) is 6.38. The van der Waals surface area contributed by atoms with Crippen LogP contribution in [0.3, 0.4) is 0 Å². The molecule has 1 saturated heterocycles. The Morgan fingerprint density at radius 1 is 1.11 bits per heavy atom. The van der Waals surface area contributed by atoms with E-state index in [0.717, 1.165) is 36.1 Å². The molecule has 4 rings (SSSR count). The van der Waals surface area contributed by atoms with Crippen molar-refractivity contribution in [1.82, 2.24) is 5.32 Å². The lowest BCUT2D eigenvalue weighted by Crippen LogP contribution is -2.37. The lowest BCUT2D eigenvalue weighted by atomic mass is 9.75. The molecule has 5 nitrogen and oxygen atoms in total. The molecule has 0 bridgehead atoms. The molecule has 1 aliphatic rings. The van der Waals surface area contributed by atoms with Gasteiger partial charge in [0.15, 0.2) is 5.76 Å². The predicted octanol–water partition coefficient (Wildman–Crippen LogP) is 6.32. The number of nitrogens with one attached hydrogen (secondary N) is 1. The number of furan rings is 1. The highest BCUT2D eigenvalue weighted by molar-refractivity contribution is 5.98. The number of ketones is 1. The Hall–Kier alpha value is -2.96. The molecule has 35 heavy (non-hydrogen) atoms. The molecule has 186 valence electrons. The van der Waals surface area contributed by atoms with E-state index in [2.05, 4.69) is 19.2 Å². The van der Waals surface area contributed by atoms with E-state index in [1.807, 2.05) is 36.4 Å². The van der Waals surface area contributed by atoms with Crippen molar-refractivity contribution >= 4 is 5.78 Å². The second kappa shape index (κ2) is 11.2. The van der Waals surface area contributed by atoms with Gasteiger partial charge in [-0.1, -0.05) is 24.3 Å². The number of carbonyl (C=O) groups excluding carboxylic acids is 1. The second-order valence-corrected chi connectivity index (χ2v) is 9.81. The minimum Gasteiger partial charge on any atom is -0.497 e. The van der Waals surface area contributed by atoms with Crippen molar-refractivity contribution in [2.45, 2.75) is 50.7 Å². The Kier molecular flexibility index (Phi) is 8.04. The first-order valence-electron chi connectivity index (χ1n) is 12.2. The van der Waals surface area contributed by atoms with Crippen LogP contribution in [-0.2, 0) is 4.74 Å². The van der Waals surface area contributed by atoms with Crippen LogP contribution in [0.2, 0.25) is 0 Å². The highest BCUT2D eigenvalue weighted by Gasteiger charge is 2.34. The maximum absolute atomic E-state index is 13.7. The van der Waals surface area contributed by atoms with Crippen LogP contribution in [0.1, 0.15) is 66.8 Å². The summed E-state index contributed by atoms with van der Waals surface area (Å²) in [6, 6.07) is 17.2. The van der Waals surface area contributed by atoms with Gasteiger partial charge >= 0.3 is 0 Å². The third-order valence-corrected chi connectivity index (χ3v) is 6.88. The molecule has 2 heterocycles. The molecule has 0 saturated carbocycles. The number of benzene rings is 2. The van der Waals surface area contributed by atoms with Crippen molar-refractivity contribution in [2.75, 3.05) is 20.3 Å². The number of methoxy groups -OCH3 is 1. The molecule has 0 radical (unpaired) electrons. The highest BCUT2D eigenvalue weighted by Crippen LogP contribution is 2.40. The summed E-state index contributed by atoms with van der Waals surface area (Å²) in [5.74, 6) is 1.33. The van der Waals surface area contributed by atoms with Gasteiger partial charge in [-0.2, -0.15) is 0 Å². The minimum absolute atomic E-state index is 0.120. The number of Topliss-reactive ketones (excluding diaryl/α,β-unsaturated/α-hetero) is 1. The first kappa shape index (κ1) is 25.1.